The maximum atomic E-state index is 12.9. The molecule has 4 amide bonds. The van der Waals surface area contributed by atoms with Crippen LogP contribution in [0.5, 0.6) is 5.75 Å². The first-order valence-electron chi connectivity index (χ1n) is 9.63. The topological polar surface area (TPSA) is 91.1 Å². The quantitative estimate of drug-likeness (QED) is 0.673. The molecule has 0 aliphatic carbocycles. The van der Waals surface area contributed by atoms with Crippen molar-refractivity contribution in [2.45, 2.75) is 19.8 Å². The van der Waals surface area contributed by atoms with E-state index in [1.54, 1.807) is 44.6 Å². The van der Waals surface area contributed by atoms with Crippen molar-refractivity contribution in [2.24, 2.45) is 10.9 Å². The van der Waals surface area contributed by atoms with E-state index >= 15 is 0 Å². The molecule has 1 aromatic carbocycles. The zero-order valence-electron chi connectivity index (χ0n) is 17.5. The summed E-state index contributed by atoms with van der Waals surface area (Å²) in [6, 6.07) is 6.71. The standard InChI is InChI=1S/C21H24N4O4S/c1-5-7-13-11-22-19-17(20(27)25(3)21(28)24(19)2)18(13)30-12-16(26)23-14-8-6-9-15(10-14)29-4/h6,8-11,17H,5,7,12H2,1-4H3/p+1. The molecule has 0 spiro atoms. The zero-order valence-corrected chi connectivity index (χ0v) is 18.3. The fraction of sp³-hybridized carbons (Fsp3) is 0.381. The minimum absolute atomic E-state index is 0.131. The van der Waals surface area contributed by atoms with Gasteiger partial charge in [-0.05, 0) is 24.1 Å². The van der Waals surface area contributed by atoms with Gasteiger partial charge < -0.3 is 10.1 Å². The number of methoxy groups -OCH3 is 1. The van der Waals surface area contributed by atoms with Crippen LogP contribution in [0.15, 0.2) is 39.7 Å². The van der Waals surface area contributed by atoms with Crippen LogP contribution in [0.25, 0.3) is 0 Å². The lowest BCUT2D eigenvalue weighted by Crippen LogP contribution is -2.52. The Morgan fingerprint density at radius 2 is 2.13 bits per heavy atom. The molecule has 0 bridgehead atoms. The first kappa shape index (κ1) is 21.8. The number of ether oxygens (including phenoxy) is 1. The average Bonchev–Trinajstić information content (AvgIpc) is 2.75. The molecule has 8 nitrogen and oxygen atoms in total. The number of hydrogen-bond donors (Lipinski definition) is 1. The fourth-order valence-electron chi connectivity index (χ4n) is 3.37. The second kappa shape index (κ2) is 9.25. The van der Waals surface area contributed by atoms with Gasteiger partial charge in [0.2, 0.25) is 5.91 Å². The van der Waals surface area contributed by atoms with Crippen LogP contribution in [0, 0.1) is 5.92 Å². The average molecular weight is 430 g/mol. The smallest absolute Gasteiger partial charge is 0.445 e. The minimum Gasteiger partial charge on any atom is -0.497 e. The number of nitrogens with zero attached hydrogens (tertiary/aromatic N) is 3. The Hall–Kier alpha value is -2.94. The van der Waals surface area contributed by atoms with Gasteiger partial charge in [-0.15, -0.1) is 16.8 Å². The molecule has 0 aromatic heterocycles. The van der Waals surface area contributed by atoms with Crippen molar-refractivity contribution in [1.82, 2.24) is 4.90 Å². The molecule has 9 heteroatoms. The number of hydrogen-bond acceptors (Lipinski definition) is 6. The maximum absolute atomic E-state index is 12.9. The lowest BCUT2D eigenvalue weighted by atomic mass is 9.96. The number of carbonyl (C=O) groups is 3. The molecule has 2 aliphatic heterocycles. The van der Waals surface area contributed by atoms with Crippen molar-refractivity contribution in [3.63, 3.8) is 0 Å². The van der Waals surface area contributed by atoms with Crippen LogP contribution < -0.4 is 10.1 Å². The predicted octanol–water partition coefficient (Wildman–Crippen LogP) is 2.75. The Labute approximate surface area is 179 Å². The van der Waals surface area contributed by atoms with Gasteiger partial charge in [0, 0.05) is 16.7 Å². The van der Waals surface area contributed by atoms with Gasteiger partial charge >= 0.3 is 11.9 Å². The molecular weight excluding hydrogens is 404 g/mol. The normalized spacial score (nSPS) is 18.7. The molecule has 30 heavy (non-hydrogen) atoms. The van der Waals surface area contributed by atoms with E-state index in [2.05, 4.69) is 10.3 Å². The molecule has 1 unspecified atom stereocenters. The Balaban J connectivity index is 1.82. The molecule has 2 aliphatic rings. The number of amides is 4. The number of dihydropyridines is 1. The summed E-state index contributed by atoms with van der Waals surface area (Å²) in [5, 5.41) is 2.85. The number of benzene rings is 1. The van der Waals surface area contributed by atoms with Crippen molar-refractivity contribution in [1.29, 1.82) is 0 Å². The third-order valence-electron chi connectivity index (χ3n) is 4.92. The number of anilines is 1. The van der Waals surface area contributed by atoms with E-state index in [4.69, 9.17) is 4.74 Å². The number of urea groups is 1. The largest absolute Gasteiger partial charge is 0.497 e. The minimum atomic E-state index is -0.668. The van der Waals surface area contributed by atoms with Crippen LogP contribution in [-0.4, -0.2) is 66.3 Å². The number of fused-ring (bicyclic) bond motifs is 1. The number of imide groups is 1. The first-order valence-corrected chi connectivity index (χ1v) is 10.6. The van der Waals surface area contributed by atoms with Gasteiger partial charge in [-0.25, -0.2) is 4.79 Å². The number of amidine groups is 1. The number of carbonyl (C=O) groups excluding carboxylic acids is 3. The summed E-state index contributed by atoms with van der Waals surface area (Å²) in [5.74, 6) is -0.000347. The monoisotopic (exact) mass is 429 g/mol. The van der Waals surface area contributed by atoms with E-state index in [0.29, 0.717) is 17.3 Å². The molecule has 0 saturated carbocycles. The molecule has 3 rings (SSSR count). The lowest BCUT2D eigenvalue weighted by Gasteiger charge is -2.28. The maximum Gasteiger partial charge on any atom is 0.445 e. The van der Waals surface area contributed by atoms with Crippen molar-refractivity contribution in [3.05, 3.63) is 34.7 Å². The Bertz CT molecular complexity index is 983. The van der Waals surface area contributed by atoms with Gasteiger partial charge in [0.15, 0.2) is 5.92 Å². The number of thioether (sulfide) groups is 1. The van der Waals surface area contributed by atoms with E-state index in [0.717, 1.165) is 28.2 Å². The van der Waals surface area contributed by atoms with E-state index in [-0.39, 0.29) is 17.6 Å². The number of allylic oxidation sites excluding steroid dienone is 1. The highest BCUT2D eigenvalue weighted by molar-refractivity contribution is 8.03. The second-order valence-corrected chi connectivity index (χ2v) is 8.01. The molecule has 0 radical (unpaired) electrons. The molecule has 0 fully saturated rings. The van der Waals surface area contributed by atoms with Gasteiger partial charge in [-0.2, -0.15) is 9.48 Å². The lowest BCUT2D eigenvalue weighted by molar-refractivity contribution is -0.407. The number of rotatable bonds is 7. The van der Waals surface area contributed by atoms with Crippen LogP contribution in [0.3, 0.4) is 0 Å². The Morgan fingerprint density at radius 3 is 2.83 bits per heavy atom. The van der Waals surface area contributed by atoms with Crippen molar-refractivity contribution < 1.29 is 23.7 Å². The molecule has 158 valence electrons. The highest BCUT2D eigenvalue weighted by Gasteiger charge is 2.48. The zero-order chi connectivity index (χ0) is 21.8. The van der Waals surface area contributed by atoms with Crippen LogP contribution in [0.4, 0.5) is 10.5 Å². The molecular formula is C21H25N4O4S+. The summed E-state index contributed by atoms with van der Waals surface area (Å²) in [6.07, 6.45) is 3.32. The van der Waals surface area contributed by atoms with Crippen molar-refractivity contribution in [2.75, 3.05) is 32.3 Å². The summed E-state index contributed by atoms with van der Waals surface area (Å²) >= 11 is 1.32. The van der Waals surface area contributed by atoms with Crippen LogP contribution in [-0.2, 0) is 9.59 Å². The fourth-order valence-corrected chi connectivity index (χ4v) is 4.44. The third kappa shape index (κ3) is 4.30. The van der Waals surface area contributed by atoms with Gasteiger partial charge in [-0.1, -0.05) is 19.4 Å². The van der Waals surface area contributed by atoms with Crippen molar-refractivity contribution >= 4 is 47.3 Å². The third-order valence-corrected chi connectivity index (χ3v) is 6.13. The first-order chi connectivity index (χ1) is 14.4. The van der Waals surface area contributed by atoms with Gasteiger partial charge in [-0.3, -0.25) is 9.59 Å². The molecule has 2 heterocycles. The van der Waals surface area contributed by atoms with E-state index in [9.17, 15) is 14.4 Å². The Kier molecular flexibility index (Phi) is 6.71. The summed E-state index contributed by atoms with van der Waals surface area (Å²) in [6.45, 7) is 2.04. The van der Waals surface area contributed by atoms with E-state index < -0.39 is 11.9 Å². The van der Waals surface area contributed by atoms with E-state index in [1.165, 1.54) is 23.4 Å². The highest BCUT2D eigenvalue weighted by Crippen LogP contribution is 2.36. The Morgan fingerprint density at radius 1 is 1.37 bits per heavy atom. The summed E-state index contributed by atoms with van der Waals surface area (Å²) in [7, 11) is 4.64. The van der Waals surface area contributed by atoms with Gasteiger partial charge in [0.25, 0.3) is 5.84 Å². The highest BCUT2D eigenvalue weighted by atomic mass is 32.2. The predicted molar refractivity (Wildman–Crippen MR) is 117 cm³/mol. The SMILES string of the molecule is CCCC1=C(SCC(=O)Nc2cccc(OC)c2)C2C(=O)N(C)C(=O)[N+](C)=C2N=C1. The summed E-state index contributed by atoms with van der Waals surface area (Å²) < 4.78 is 6.57. The second-order valence-electron chi connectivity index (χ2n) is 7.00. The molecule has 1 N–H and O–H groups in total. The summed E-state index contributed by atoms with van der Waals surface area (Å²) in [5.41, 5.74) is 1.56. The van der Waals surface area contributed by atoms with Crippen LogP contribution in [0.1, 0.15) is 19.8 Å². The molecule has 1 atom stereocenters. The number of aliphatic imine (C=N–C) groups is 1. The van der Waals surface area contributed by atoms with Gasteiger partial charge in [0.1, 0.15) is 12.0 Å². The summed E-state index contributed by atoms with van der Waals surface area (Å²) in [4.78, 5) is 44.0. The van der Waals surface area contributed by atoms with Crippen molar-refractivity contribution in [3.8, 4) is 5.75 Å². The van der Waals surface area contributed by atoms with Crippen LogP contribution >= 0.6 is 11.8 Å². The molecule has 1 aromatic rings. The molecule has 0 saturated heterocycles. The number of nitrogens with one attached hydrogen (secondary N) is 1. The van der Waals surface area contributed by atoms with Gasteiger partial charge in [0.05, 0.1) is 27.0 Å². The van der Waals surface area contributed by atoms with Crippen LogP contribution in [0.2, 0.25) is 0 Å². The van der Waals surface area contributed by atoms with E-state index in [1.807, 2.05) is 6.92 Å².